The second-order valence-corrected chi connectivity index (χ2v) is 10.9. The Labute approximate surface area is 218 Å². The van der Waals surface area contributed by atoms with Crippen LogP contribution < -0.4 is 9.04 Å². The van der Waals surface area contributed by atoms with E-state index < -0.39 is 0 Å². The lowest BCUT2D eigenvalue weighted by Gasteiger charge is -2.26. The summed E-state index contributed by atoms with van der Waals surface area (Å²) in [6.45, 7) is 5.10. The Hall–Kier alpha value is -1.79. The summed E-state index contributed by atoms with van der Waals surface area (Å²) >= 11 is 9.59. The third-order valence-electron chi connectivity index (χ3n) is 6.00. The molecule has 0 N–H and O–H groups in total. The molecule has 0 aliphatic carbocycles. The zero-order valence-electron chi connectivity index (χ0n) is 19.8. The number of hydrogen-bond donors (Lipinski definition) is 0. The molecular weight excluding hydrogens is 480 g/mol. The molecule has 0 aromatic heterocycles. The fourth-order valence-corrected chi connectivity index (χ4v) is 5.61. The van der Waals surface area contributed by atoms with Gasteiger partial charge in [-0.1, -0.05) is 36.2 Å². The molecule has 1 heterocycles. The Bertz CT molecular complexity index is 1010. The fraction of sp³-hybridized carbons (Fsp3) is 0.357. The van der Waals surface area contributed by atoms with Crippen molar-refractivity contribution in [2.24, 2.45) is 0 Å². The van der Waals surface area contributed by atoms with Crippen LogP contribution in [0.1, 0.15) is 31.2 Å². The van der Waals surface area contributed by atoms with Crippen LogP contribution in [0.3, 0.4) is 0 Å². The molecule has 4 rings (SSSR count). The van der Waals surface area contributed by atoms with Crippen LogP contribution in [0.25, 0.3) is 0 Å². The smallest absolute Gasteiger partial charge is 0.124 e. The molecule has 6 heteroatoms. The van der Waals surface area contributed by atoms with Crippen LogP contribution in [-0.2, 0) is 6.54 Å². The first-order valence-corrected chi connectivity index (χ1v) is 14.4. The predicted molar refractivity (Wildman–Crippen MR) is 149 cm³/mol. The van der Waals surface area contributed by atoms with Crippen molar-refractivity contribution < 1.29 is 4.74 Å². The lowest BCUT2D eigenvalue weighted by atomic mass is 10.1. The minimum absolute atomic E-state index is 0.744. The first-order chi connectivity index (χ1) is 16.7. The molecule has 1 aliphatic rings. The van der Waals surface area contributed by atoms with E-state index in [9.17, 15) is 0 Å². The molecule has 0 radical (unpaired) electrons. The van der Waals surface area contributed by atoms with Gasteiger partial charge in [-0.25, -0.2) is 0 Å². The Kier molecular flexibility index (Phi) is 9.93. The van der Waals surface area contributed by atoms with E-state index in [-0.39, 0.29) is 0 Å². The average molecular weight is 513 g/mol. The number of anilines is 1. The Morgan fingerprint density at radius 3 is 2.32 bits per heavy atom. The monoisotopic (exact) mass is 512 g/mol. The average Bonchev–Trinajstić information content (AvgIpc) is 2.89. The maximum absolute atomic E-state index is 6.28. The van der Waals surface area contributed by atoms with Crippen molar-refractivity contribution in [2.45, 2.75) is 42.0 Å². The Balaban J connectivity index is 1.44. The van der Waals surface area contributed by atoms with E-state index in [1.165, 1.54) is 42.8 Å². The fourth-order valence-electron chi connectivity index (χ4n) is 4.13. The highest BCUT2D eigenvalue weighted by Crippen LogP contribution is 2.34. The SMILES string of the molecule is CSc1ccc(N(Cc2ccccc2OCCCN2CCCCC2)Sc2ccc(Cl)cc2)cc1. The van der Waals surface area contributed by atoms with Crippen molar-refractivity contribution >= 4 is 41.0 Å². The second kappa shape index (κ2) is 13.3. The van der Waals surface area contributed by atoms with Crippen molar-refractivity contribution in [3.63, 3.8) is 0 Å². The molecule has 0 atom stereocenters. The summed E-state index contributed by atoms with van der Waals surface area (Å²) in [4.78, 5) is 4.98. The van der Waals surface area contributed by atoms with Crippen molar-refractivity contribution in [1.29, 1.82) is 0 Å². The van der Waals surface area contributed by atoms with Crippen LogP contribution >= 0.6 is 35.3 Å². The van der Waals surface area contributed by atoms with E-state index in [2.05, 4.69) is 76.1 Å². The highest BCUT2D eigenvalue weighted by molar-refractivity contribution is 8.00. The lowest BCUT2D eigenvalue weighted by Crippen LogP contribution is -2.31. The summed E-state index contributed by atoms with van der Waals surface area (Å²) < 4.78 is 8.61. The molecule has 0 saturated carbocycles. The van der Waals surface area contributed by atoms with Crippen LogP contribution in [-0.4, -0.2) is 37.4 Å². The van der Waals surface area contributed by atoms with E-state index in [4.69, 9.17) is 16.3 Å². The molecule has 0 amide bonds. The van der Waals surface area contributed by atoms with Gasteiger partial charge in [0.15, 0.2) is 0 Å². The topological polar surface area (TPSA) is 15.7 Å². The molecule has 180 valence electrons. The van der Waals surface area contributed by atoms with Gasteiger partial charge in [-0.15, -0.1) is 11.8 Å². The number of piperidine rings is 1. The first-order valence-electron chi connectivity index (χ1n) is 12.0. The van der Waals surface area contributed by atoms with Gasteiger partial charge in [-0.05, 0) is 105 Å². The highest BCUT2D eigenvalue weighted by atomic mass is 35.5. The Morgan fingerprint density at radius 1 is 0.882 bits per heavy atom. The second-order valence-electron chi connectivity index (χ2n) is 8.49. The summed E-state index contributed by atoms with van der Waals surface area (Å²) in [5, 5.41) is 0.753. The van der Waals surface area contributed by atoms with Crippen LogP contribution in [0.4, 0.5) is 5.69 Å². The number of hydrogen-bond acceptors (Lipinski definition) is 5. The summed E-state index contributed by atoms with van der Waals surface area (Å²) in [7, 11) is 0. The van der Waals surface area contributed by atoms with E-state index >= 15 is 0 Å². The zero-order valence-corrected chi connectivity index (χ0v) is 22.2. The maximum Gasteiger partial charge on any atom is 0.124 e. The number of likely N-dealkylation sites (tertiary alicyclic amines) is 1. The van der Waals surface area contributed by atoms with Crippen LogP contribution in [0.15, 0.2) is 82.6 Å². The third kappa shape index (κ3) is 7.61. The van der Waals surface area contributed by atoms with Crippen molar-refractivity contribution in [3.8, 4) is 5.75 Å². The minimum Gasteiger partial charge on any atom is -0.493 e. The van der Waals surface area contributed by atoms with Gasteiger partial charge >= 0.3 is 0 Å². The van der Waals surface area contributed by atoms with Crippen molar-refractivity contribution in [3.05, 3.63) is 83.4 Å². The molecule has 1 fully saturated rings. The number of benzene rings is 3. The van der Waals surface area contributed by atoms with E-state index in [1.807, 2.05) is 12.1 Å². The molecule has 0 spiro atoms. The zero-order chi connectivity index (χ0) is 23.6. The van der Waals surface area contributed by atoms with Gasteiger partial charge in [0.1, 0.15) is 5.75 Å². The van der Waals surface area contributed by atoms with Crippen LogP contribution in [0.2, 0.25) is 5.02 Å². The standard InChI is InChI=1S/C28H33ClN2OS2/c1-33-26-16-12-25(13-17-26)31(34-27-14-10-24(29)11-15-27)22-23-8-3-4-9-28(23)32-21-7-20-30-18-5-2-6-19-30/h3-4,8-17H,2,5-7,18-22H2,1H3. The minimum atomic E-state index is 0.744. The number of halogens is 1. The van der Waals surface area contributed by atoms with Gasteiger partial charge in [0.25, 0.3) is 0 Å². The maximum atomic E-state index is 6.28. The number of para-hydroxylation sites is 1. The van der Waals surface area contributed by atoms with Crippen LogP contribution in [0.5, 0.6) is 5.75 Å². The molecule has 34 heavy (non-hydrogen) atoms. The largest absolute Gasteiger partial charge is 0.493 e. The van der Waals surface area contributed by atoms with Gasteiger partial charge in [0.2, 0.25) is 0 Å². The van der Waals surface area contributed by atoms with Gasteiger partial charge in [0.05, 0.1) is 13.2 Å². The van der Waals surface area contributed by atoms with Gasteiger partial charge in [0, 0.05) is 32.6 Å². The third-order valence-corrected chi connectivity index (χ3v) is 8.04. The highest BCUT2D eigenvalue weighted by Gasteiger charge is 2.14. The first kappa shape index (κ1) is 25.3. The van der Waals surface area contributed by atoms with E-state index in [0.717, 1.165) is 47.5 Å². The van der Waals surface area contributed by atoms with Crippen molar-refractivity contribution in [1.82, 2.24) is 4.90 Å². The van der Waals surface area contributed by atoms with Crippen LogP contribution in [0, 0.1) is 0 Å². The molecule has 3 nitrogen and oxygen atoms in total. The van der Waals surface area contributed by atoms with E-state index in [0.29, 0.717) is 0 Å². The normalized spacial score (nSPS) is 14.2. The van der Waals surface area contributed by atoms with Gasteiger partial charge < -0.3 is 13.9 Å². The molecule has 0 unspecified atom stereocenters. The number of thioether (sulfide) groups is 1. The summed E-state index contributed by atoms with van der Waals surface area (Å²) in [6.07, 6.45) is 7.22. The summed E-state index contributed by atoms with van der Waals surface area (Å²) in [5.41, 5.74) is 2.36. The molecule has 1 aliphatic heterocycles. The molecule has 3 aromatic carbocycles. The number of ether oxygens (including phenoxy) is 1. The number of rotatable bonds is 11. The lowest BCUT2D eigenvalue weighted by molar-refractivity contribution is 0.204. The summed E-state index contributed by atoms with van der Waals surface area (Å²) in [6, 6.07) is 25.2. The quantitative estimate of drug-likeness (QED) is 0.146. The summed E-state index contributed by atoms with van der Waals surface area (Å²) in [5.74, 6) is 0.976. The molecule has 0 bridgehead atoms. The van der Waals surface area contributed by atoms with Gasteiger partial charge in [-0.3, -0.25) is 0 Å². The van der Waals surface area contributed by atoms with Gasteiger partial charge in [-0.2, -0.15) is 0 Å². The predicted octanol–water partition coefficient (Wildman–Crippen LogP) is 8.03. The van der Waals surface area contributed by atoms with Crippen molar-refractivity contribution in [2.75, 3.05) is 36.8 Å². The number of nitrogens with zero attached hydrogens (tertiary/aromatic N) is 2. The molecule has 3 aromatic rings. The van der Waals surface area contributed by atoms with E-state index in [1.54, 1.807) is 23.7 Å². The Morgan fingerprint density at radius 2 is 1.59 bits per heavy atom. The molecular formula is C28H33ClN2OS2. The molecule has 1 saturated heterocycles.